The van der Waals surface area contributed by atoms with Crippen LogP contribution in [0.5, 0.6) is 0 Å². The molecule has 102 valence electrons. The maximum atomic E-state index is 11.7. The first-order valence-corrected chi connectivity index (χ1v) is 7.34. The highest BCUT2D eigenvalue weighted by molar-refractivity contribution is 9.10. The van der Waals surface area contributed by atoms with Gasteiger partial charge in [0.25, 0.3) is 5.91 Å². The molecule has 1 amide bonds. The normalized spacial score (nSPS) is 16.7. The van der Waals surface area contributed by atoms with Crippen LogP contribution in [-0.2, 0) is 4.79 Å². The smallest absolute Gasteiger partial charge is 0.254 e. The van der Waals surface area contributed by atoms with Crippen molar-refractivity contribution < 1.29 is 4.79 Å². The molecule has 0 unspecified atom stereocenters. The summed E-state index contributed by atoms with van der Waals surface area (Å²) >= 11 is 3.43. The molecule has 19 heavy (non-hydrogen) atoms. The number of carbonyl (C=O) groups excluding carboxylic acids is 1. The number of benzene rings is 1. The van der Waals surface area contributed by atoms with E-state index in [0.29, 0.717) is 6.54 Å². The minimum atomic E-state index is -0.0507. The lowest BCUT2D eigenvalue weighted by Crippen LogP contribution is -2.38. The van der Waals surface area contributed by atoms with E-state index in [2.05, 4.69) is 31.4 Å². The lowest BCUT2D eigenvalue weighted by Gasteiger charge is -2.25. The summed E-state index contributed by atoms with van der Waals surface area (Å²) in [6, 6.07) is 7.75. The molecule has 1 heterocycles. The molecule has 1 N–H and O–H groups in total. The first-order chi connectivity index (χ1) is 9.25. The zero-order valence-electron chi connectivity index (χ0n) is 10.8. The van der Waals surface area contributed by atoms with Gasteiger partial charge >= 0.3 is 0 Å². The van der Waals surface area contributed by atoms with Crippen molar-refractivity contribution in [2.75, 3.05) is 19.6 Å². The molecule has 0 saturated carbocycles. The summed E-state index contributed by atoms with van der Waals surface area (Å²) in [5, 5.41) is 3.99. The summed E-state index contributed by atoms with van der Waals surface area (Å²) in [5.74, 6) is -0.0507. The van der Waals surface area contributed by atoms with Gasteiger partial charge in [0, 0.05) is 10.0 Å². The largest absolute Gasteiger partial charge is 0.294 e. The monoisotopic (exact) mass is 323 g/mol. The van der Waals surface area contributed by atoms with Gasteiger partial charge in [-0.15, -0.1) is 0 Å². The van der Waals surface area contributed by atoms with E-state index < -0.39 is 0 Å². The third-order valence-electron chi connectivity index (χ3n) is 3.11. The van der Waals surface area contributed by atoms with E-state index in [1.165, 1.54) is 19.3 Å². The van der Waals surface area contributed by atoms with Crippen LogP contribution in [0.1, 0.15) is 24.8 Å². The molecule has 0 atom stereocenters. The molecule has 1 aliphatic rings. The molecule has 4 nitrogen and oxygen atoms in total. The zero-order valence-corrected chi connectivity index (χ0v) is 12.4. The van der Waals surface area contributed by atoms with Crippen molar-refractivity contribution >= 4 is 28.1 Å². The van der Waals surface area contributed by atoms with Gasteiger partial charge in [0.05, 0.1) is 12.8 Å². The number of hydrogen-bond donors (Lipinski definition) is 1. The predicted molar refractivity (Wildman–Crippen MR) is 80.2 cm³/mol. The summed E-state index contributed by atoms with van der Waals surface area (Å²) in [5.41, 5.74) is 3.52. The molecular weight excluding hydrogens is 306 g/mol. The quantitative estimate of drug-likeness (QED) is 0.683. The standard InChI is InChI=1S/C14H18BrN3O/c15-13-7-3-2-6-12(13)10-16-17-14(19)11-18-8-4-1-5-9-18/h2-3,6-7,10H,1,4-5,8-9,11H2,(H,17,19)/b16-10+. The minimum absolute atomic E-state index is 0.0507. The molecule has 1 fully saturated rings. The molecule has 0 aliphatic carbocycles. The Hall–Kier alpha value is -1.20. The SMILES string of the molecule is O=C(CN1CCCCC1)N/N=C/c1ccccc1Br. The van der Waals surface area contributed by atoms with Crippen LogP contribution in [-0.4, -0.2) is 36.7 Å². The number of rotatable bonds is 4. The Kier molecular flexibility index (Phi) is 5.54. The second kappa shape index (κ2) is 7.40. The van der Waals surface area contributed by atoms with Crippen molar-refractivity contribution in [3.8, 4) is 0 Å². The van der Waals surface area contributed by atoms with Crippen molar-refractivity contribution in [1.82, 2.24) is 10.3 Å². The van der Waals surface area contributed by atoms with Crippen LogP contribution < -0.4 is 5.43 Å². The van der Waals surface area contributed by atoms with Gasteiger partial charge in [-0.05, 0) is 32.0 Å². The Balaban J connectivity index is 1.78. The number of nitrogens with zero attached hydrogens (tertiary/aromatic N) is 2. The van der Waals surface area contributed by atoms with E-state index in [1.54, 1.807) is 6.21 Å². The van der Waals surface area contributed by atoms with Gasteiger partial charge in [-0.2, -0.15) is 5.10 Å². The van der Waals surface area contributed by atoms with Crippen molar-refractivity contribution in [3.63, 3.8) is 0 Å². The van der Waals surface area contributed by atoms with Gasteiger partial charge in [-0.1, -0.05) is 40.5 Å². The summed E-state index contributed by atoms with van der Waals surface area (Å²) in [6.07, 6.45) is 5.30. The Morgan fingerprint density at radius 3 is 2.79 bits per heavy atom. The van der Waals surface area contributed by atoms with Crippen LogP contribution in [0.4, 0.5) is 0 Å². The molecule has 0 aromatic heterocycles. The highest BCUT2D eigenvalue weighted by Crippen LogP contribution is 2.13. The Bertz CT molecular complexity index is 456. The van der Waals surface area contributed by atoms with Crippen molar-refractivity contribution in [1.29, 1.82) is 0 Å². The second-order valence-corrected chi connectivity index (χ2v) is 5.51. The van der Waals surface area contributed by atoms with Crippen LogP contribution >= 0.6 is 15.9 Å². The summed E-state index contributed by atoms with van der Waals surface area (Å²) in [4.78, 5) is 13.9. The van der Waals surface area contributed by atoms with Crippen LogP contribution in [0, 0.1) is 0 Å². The van der Waals surface area contributed by atoms with Gasteiger partial charge in [-0.25, -0.2) is 5.43 Å². The second-order valence-electron chi connectivity index (χ2n) is 4.65. The highest BCUT2D eigenvalue weighted by Gasteiger charge is 2.12. The first kappa shape index (κ1) is 14.2. The Morgan fingerprint density at radius 2 is 2.05 bits per heavy atom. The number of amides is 1. The Morgan fingerprint density at radius 1 is 1.32 bits per heavy atom. The molecular formula is C14H18BrN3O. The average molecular weight is 324 g/mol. The number of nitrogens with one attached hydrogen (secondary N) is 1. The van der Waals surface area contributed by atoms with Crippen LogP contribution in [0.15, 0.2) is 33.8 Å². The predicted octanol–water partition coefficient (Wildman–Crippen LogP) is 2.39. The van der Waals surface area contributed by atoms with E-state index in [9.17, 15) is 4.79 Å². The van der Waals surface area contributed by atoms with Gasteiger partial charge < -0.3 is 0 Å². The molecule has 0 radical (unpaired) electrons. The minimum Gasteiger partial charge on any atom is -0.294 e. The fraction of sp³-hybridized carbons (Fsp3) is 0.429. The summed E-state index contributed by atoms with van der Waals surface area (Å²) in [7, 11) is 0. The molecule has 0 bridgehead atoms. The van der Waals surface area contributed by atoms with E-state index in [-0.39, 0.29) is 5.91 Å². The molecule has 2 rings (SSSR count). The fourth-order valence-electron chi connectivity index (χ4n) is 2.11. The molecule has 0 spiro atoms. The zero-order chi connectivity index (χ0) is 13.5. The van der Waals surface area contributed by atoms with Gasteiger partial charge in [0.15, 0.2) is 0 Å². The molecule has 1 aromatic rings. The number of hydrazone groups is 1. The number of hydrogen-bond acceptors (Lipinski definition) is 3. The number of carbonyl (C=O) groups is 1. The van der Waals surface area contributed by atoms with E-state index in [0.717, 1.165) is 23.1 Å². The van der Waals surface area contributed by atoms with Gasteiger partial charge in [0.1, 0.15) is 0 Å². The number of halogens is 1. The lowest BCUT2D eigenvalue weighted by molar-refractivity contribution is -0.122. The fourth-order valence-corrected chi connectivity index (χ4v) is 2.50. The van der Waals surface area contributed by atoms with Crippen LogP contribution in [0.3, 0.4) is 0 Å². The number of likely N-dealkylation sites (tertiary alicyclic amines) is 1. The maximum absolute atomic E-state index is 11.7. The molecule has 1 aromatic carbocycles. The van der Waals surface area contributed by atoms with E-state index in [4.69, 9.17) is 0 Å². The highest BCUT2D eigenvalue weighted by atomic mass is 79.9. The van der Waals surface area contributed by atoms with Gasteiger partial charge in [-0.3, -0.25) is 9.69 Å². The first-order valence-electron chi connectivity index (χ1n) is 6.54. The van der Waals surface area contributed by atoms with E-state index in [1.807, 2.05) is 24.3 Å². The van der Waals surface area contributed by atoms with Crippen LogP contribution in [0.25, 0.3) is 0 Å². The van der Waals surface area contributed by atoms with Crippen molar-refractivity contribution in [3.05, 3.63) is 34.3 Å². The number of piperidine rings is 1. The lowest BCUT2D eigenvalue weighted by atomic mass is 10.1. The van der Waals surface area contributed by atoms with Crippen molar-refractivity contribution in [2.45, 2.75) is 19.3 Å². The Labute approximate surface area is 122 Å². The summed E-state index contributed by atoms with van der Waals surface area (Å²) in [6.45, 7) is 2.47. The molecule has 5 heteroatoms. The van der Waals surface area contributed by atoms with E-state index >= 15 is 0 Å². The maximum Gasteiger partial charge on any atom is 0.254 e. The third-order valence-corrected chi connectivity index (χ3v) is 3.84. The third kappa shape index (κ3) is 4.76. The van der Waals surface area contributed by atoms with Crippen LogP contribution in [0.2, 0.25) is 0 Å². The van der Waals surface area contributed by atoms with Gasteiger partial charge in [0.2, 0.25) is 0 Å². The molecule has 1 aliphatic heterocycles. The topological polar surface area (TPSA) is 44.7 Å². The van der Waals surface area contributed by atoms with Crippen molar-refractivity contribution in [2.24, 2.45) is 5.10 Å². The molecule has 1 saturated heterocycles. The average Bonchev–Trinajstić information content (AvgIpc) is 2.42. The summed E-state index contributed by atoms with van der Waals surface area (Å²) < 4.78 is 0.962.